The highest BCUT2D eigenvalue weighted by molar-refractivity contribution is 5.33. The largest absolute Gasteiger partial charge is 1.00 e. The molecule has 0 aromatic heterocycles. The van der Waals surface area contributed by atoms with Gasteiger partial charge in [0.25, 0.3) is 0 Å². The summed E-state index contributed by atoms with van der Waals surface area (Å²) in [6, 6.07) is 10.1. The van der Waals surface area contributed by atoms with Crippen LogP contribution >= 0.6 is 0 Å². The molecule has 0 radical (unpaired) electrons. The van der Waals surface area contributed by atoms with Gasteiger partial charge in [0.1, 0.15) is 6.54 Å². The van der Waals surface area contributed by atoms with Gasteiger partial charge in [-0.05, 0) is 38.2 Å². The number of rotatable bonds is 5. The highest BCUT2D eigenvalue weighted by Gasteiger charge is 2.37. The number of benzene rings is 1. The van der Waals surface area contributed by atoms with Gasteiger partial charge in [-0.3, -0.25) is 0 Å². The predicted octanol–water partition coefficient (Wildman–Crippen LogP) is 0.948. The second kappa shape index (κ2) is 9.61. The molecule has 1 saturated carbocycles. The van der Waals surface area contributed by atoms with Crippen LogP contribution < -0.4 is 17.0 Å². The molecule has 0 heterocycles. The smallest absolute Gasteiger partial charge is 0.153 e. The Kier molecular flexibility index (Phi) is 8.50. The molecule has 24 heavy (non-hydrogen) atoms. The van der Waals surface area contributed by atoms with Crippen LogP contribution in [0, 0.1) is 17.8 Å². The third-order valence-corrected chi connectivity index (χ3v) is 5.68. The van der Waals surface area contributed by atoms with Gasteiger partial charge in [0.2, 0.25) is 0 Å². The van der Waals surface area contributed by atoms with E-state index in [0.717, 1.165) is 42.5 Å². The molecule has 0 amide bonds. The molecule has 0 aliphatic heterocycles. The maximum Gasteiger partial charge on any atom is 0.153 e. The summed E-state index contributed by atoms with van der Waals surface area (Å²) in [6.45, 7) is 7.34. The summed E-state index contributed by atoms with van der Waals surface area (Å²) in [4.78, 5) is 0. The Morgan fingerprint density at radius 2 is 1.67 bits per heavy atom. The Labute approximate surface area is 158 Å². The first kappa shape index (κ1) is 21.2. The topological polar surface area (TPSA) is 20.2 Å². The molecular weight excluding hydrogens is 362 g/mol. The lowest BCUT2D eigenvalue weighted by Gasteiger charge is -2.35. The van der Waals surface area contributed by atoms with Gasteiger partial charge in [-0.1, -0.05) is 55.5 Å². The van der Waals surface area contributed by atoms with Crippen molar-refractivity contribution in [1.29, 1.82) is 0 Å². The van der Waals surface area contributed by atoms with Crippen LogP contribution in [0.3, 0.4) is 0 Å². The molecule has 1 aliphatic rings. The molecule has 2 rings (SSSR count). The third-order valence-electron chi connectivity index (χ3n) is 5.68. The minimum Gasteiger partial charge on any atom is -1.00 e. The van der Waals surface area contributed by atoms with Crippen molar-refractivity contribution in [2.75, 3.05) is 26.7 Å². The Bertz CT molecular complexity index is 538. The second-order valence-corrected chi connectivity index (χ2v) is 7.18. The molecule has 1 aromatic carbocycles. The van der Waals surface area contributed by atoms with Crippen LogP contribution in [0.25, 0.3) is 0 Å². The molecule has 0 spiro atoms. The minimum atomic E-state index is -0.992. The zero-order valence-corrected chi connectivity index (χ0v) is 17.0. The van der Waals surface area contributed by atoms with E-state index in [9.17, 15) is 5.11 Å². The maximum atomic E-state index is 11.5. The number of halogens is 1. The van der Waals surface area contributed by atoms with Crippen molar-refractivity contribution in [1.82, 2.24) is 0 Å². The van der Waals surface area contributed by atoms with Crippen molar-refractivity contribution in [2.45, 2.75) is 51.6 Å². The molecular formula is C21H32BrNO. The van der Waals surface area contributed by atoms with Gasteiger partial charge < -0.3 is 26.6 Å². The van der Waals surface area contributed by atoms with E-state index in [2.05, 4.69) is 32.7 Å². The van der Waals surface area contributed by atoms with E-state index in [1.807, 2.05) is 30.3 Å². The molecule has 1 aromatic rings. The van der Waals surface area contributed by atoms with Crippen molar-refractivity contribution in [2.24, 2.45) is 5.92 Å². The van der Waals surface area contributed by atoms with E-state index < -0.39 is 5.60 Å². The van der Waals surface area contributed by atoms with Gasteiger partial charge in [-0.25, -0.2) is 0 Å². The molecule has 1 N–H and O–H groups in total. The van der Waals surface area contributed by atoms with Gasteiger partial charge in [0, 0.05) is 5.92 Å². The fraction of sp³-hybridized carbons (Fsp3) is 0.619. The summed E-state index contributed by atoms with van der Waals surface area (Å²) in [6.07, 6.45) is 5.86. The Morgan fingerprint density at radius 1 is 1.08 bits per heavy atom. The maximum absolute atomic E-state index is 11.5. The Hall–Kier alpha value is -0.820. The number of hydrogen-bond acceptors (Lipinski definition) is 1. The molecule has 1 atom stereocenters. The highest BCUT2D eigenvalue weighted by Crippen LogP contribution is 2.39. The summed E-state index contributed by atoms with van der Waals surface area (Å²) < 4.78 is 0.933. The van der Waals surface area contributed by atoms with Gasteiger partial charge >= 0.3 is 0 Å². The predicted molar refractivity (Wildman–Crippen MR) is 96.8 cm³/mol. The van der Waals surface area contributed by atoms with Crippen molar-refractivity contribution >= 4 is 0 Å². The molecule has 0 bridgehead atoms. The Morgan fingerprint density at radius 3 is 2.21 bits per heavy atom. The fourth-order valence-electron chi connectivity index (χ4n) is 3.43. The van der Waals surface area contributed by atoms with Gasteiger partial charge in [-0.2, -0.15) is 0 Å². The van der Waals surface area contributed by atoms with E-state index in [0.29, 0.717) is 0 Å². The monoisotopic (exact) mass is 393 g/mol. The zero-order chi connectivity index (χ0) is 16.8. The summed E-state index contributed by atoms with van der Waals surface area (Å²) in [7, 11) is 2.23. The SMILES string of the molecule is CC[N+](C)(CC)CC#CC(O)(c1ccccc1)C1CCCCC1.[Br-]. The summed E-state index contributed by atoms with van der Waals surface area (Å²) in [5.41, 5.74) is -0.0323. The summed E-state index contributed by atoms with van der Waals surface area (Å²) >= 11 is 0. The second-order valence-electron chi connectivity index (χ2n) is 7.18. The Balaban J connectivity index is 0.00000288. The van der Waals surface area contributed by atoms with Crippen LogP contribution in [0.15, 0.2) is 30.3 Å². The van der Waals surface area contributed by atoms with Crippen LogP contribution in [0.2, 0.25) is 0 Å². The van der Waals surface area contributed by atoms with E-state index in [1.165, 1.54) is 19.3 Å². The van der Waals surface area contributed by atoms with Crippen molar-refractivity contribution in [3.05, 3.63) is 35.9 Å². The van der Waals surface area contributed by atoms with E-state index >= 15 is 0 Å². The van der Waals surface area contributed by atoms with E-state index in [-0.39, 0.29) is 22.9 Å². The first-order chi connectivity index (χ1) is 11.0. The first-order valence-electron chi connectivity index (χ1n) is 9.15. The number of aliphatic hydroxyl groups is 1. The van der Waals surface area contributed by atoms with Crippen molar-refractivity contribution < 1.29 is 26.6 Å². The van der Waals surface area contributed by atoms with Gasteiger partial charge in [-0.15, -0.1) is 0 Å². The normalized spacial score (nSPS) is 18.0. The summed E-state index contributed by atoms with van der Waals surface area (Å²) in [5.74, 6) is 6.89. The molecule has 3 heteroatoms. The lowest BCUT2D eigenvalue weighted by molar-refractivity contribution is -0.899. The van der Waals surface area contributed by atoms with Gasteiger partial charge in [0.15, 0.2) is 5.60 Å². The molecule has 1 aliphatic carbocycles. The van der Waals surface area contributed by atoms with Gasteiger partial charge in [0.05, 0.1) is 20.1 Å². The molecule has 1 unspecified atom stereocenters. The minimum absolute atomic E-state index is 0. The fourth-order valence-corrected chi connectivity index (χ4v) is 3.43. The number of nitrogens with zero attached hydrogens (tertiary/aromatic N) is 1. The lowest BCUT2D eigenvalue weighted by atomic mass is 9.73. The van der Waals surface area contributed by atoms with E-state index in [4.69, 9.17) is 0 Å². The van der Waals surface area contributed by atoms with E-state index in [1.54, 1.807) is 0 Å². The molecule has 0 saturated heterocycles. The highest BCUT2D eigenvalue weighted by atomic mass is 79.9. The van der Waals surface area contributed by atoms with Crippen LogP contribution in [0.5, 0.6) is 0 Å². The number of hydrogen-bond donors (Lipinski definition) is 1. The molecule has 2 nitrogen and oxygen atoms in total. The first-order valence-corrected chi connectivity index (χ1v) is 9.15. The van der Waals surface area contributed by atoms with Crippen LogP contribution in [-0.2, 0) is 5.60 Å². The standard InChI is InChI=1S/C21H32NO.BrH/c1-4-22(3,5-2)18-12-17-21(23,19-13-8-6-9-14-19)20-15-10-7-11-16-20;/h6,8-9,13-14,20,23H,4-5,7,10-11,15-16,18H2,1-3H3;1H/q+1;/p-1. The van der Waals surface area contributed by atoms with Crippen LogP contribution in [0.1, 0.15) is 51.5 Å². The average molecular weight is 394 g/mol. The van der Waals surface area contributed by atoms with Crippen LogP contribution in [-0.4, -0.2) is 36.3 Å². The lowest BCUT2D eigenvalue weighted by Crippen LogP contribution is -3.00. The van der Waals surface area contributed by atoms with Crippen molar-refractivity contribution in [3.63, 3.8) is 0 Å². The van der Waals surface area contributed by atoms with Crippen molar-refractivity contribution in [3.8, 4) is 11.8 Å². The average Bonchev–Trinajstić information content (AvgIpc) is 2.63. The quantitative estimate of drug-likeness (QED) is 0.583. The molecule has 1 fully saturated rings. The van der Waals surface area contributed by atoms with Crippen LogP contribution in [0.4, 0.5) is 0 Å². The molecule has 134 valence electrons. The summed E-state index contributed by atoms with van der Waals surface area (Å²) in [5, 5.41) is 11.5. The zero-order valence-electron chi connectivity index (χ0n) is 15.4. The third kappa shape index (κ3) is 5.09. The number of quaternary nitrogens is 1.